The Morgan fingerprint density at radius 1 is 1.00 bits per heavy atom. The number of nitrogens with zero attached hydrogens (tertiary/aromatic N) is 1. The lowest BCUT2D eigenvalue weighted by Gasteiger charge is -2.13. The lowest BCUT2D eigenvalue weighted by atomic mass is 10.1. The fourth-order valence-corrected chi connectivity index (χ4v) is 2.24. The number of hydrogen-bond acceptors (Lipinski definition) is 3. The highest BCUT2D eigenvalue weighted by atomic mass is 16.5. The minimum atomic E-state index is 0.691. The summed E-state index contributed by atoms with van der Waals surface area (Å²) in [6, 6.07) is 16.7. The van der Waals surface area contributed by atoms with Gasteiger partial charge in [0.15, 0.2) is 0 Å². The van der Waals surface area contributed by atoms with Gasteiger partial charge in [-0.1, -0.05) is 30.3 Å². The zero-order valence-corrected chi connectivity index (χ0v) is 13.1. The molecule has 2 rings (SSSR count). The minimum Gasteiger partial charge on any atom is -0.494 e. The third kappa shape index (κ3) is 4.80. The first-order valence-corrected chi connectivity index (χ1v) is 7.37. The molecule has 0 aliphatic heterocycles. The van der Waals surface area contributed by atoms with Gasteiger partial charge in [0.1, 0.15) is 5.75 Å². The topological polar surface area (TPSA) is 24.5 Å². The van der Waals surface area contributed by atoms with Crippen LogP contribution in [0.15, 0.2) is 48.5 Å². The van der Waals surface area contributed by atoms with Crippen molar-refractivity contribution in [2.24, 2.45) is 0 Å². The van der Waals surface area contributed by atoms with Gasteiger partial charge in [-0.2, -0.15) is 0 Å². The molecule has 2 aromatic carbocycles. The lowest BCUT2D eigenvalue weighted by molar-refractivity contribution is 0.337. The zero-order valence-electron chi connectivity index (χ0n) is 13.1. The van der Waals surface area contributed by atoms with Crippen molar-refractivity contribution >= 4 is 5.69 Å². The van der Waals surface area contributed by atoms with Gasteiger partial charge in [0.05, 0.1) is 6.61 Å². The predicted octanol–water partition coefficient (Wildman–Crippen LogP) is 3.76. The number of anilines is 1. The Morgan fingerprint density at radius 2 is 1.71 bits per heavy atom. The zero-order chi connectivity index (χ0) is 15.1. The smallest absolute Gasteiger partial charge is 0.124 e. The van der Waals surface area contributed by atoms with Gasteiger partial charge >= 0.3 is 0 Å². The fraction of sp³-hybridized carbons (Fsp3) is 0.333. The molecule has 0 heterocycles. The summed E-state index contributed by atoms with van der Waals surface area (Å²) in [5, 5.41) is 3.45. The molecule has 0 fully saturated rings. The summed E-state index contributed by atoms with van der Waals surface area (Å²) in [6.45, 7) is 4.43. The third-order valence-electron chi connectivity index (χ3n) is 3.21. The van der Waals surface area contributed by atoms with E-state index in [0.29, 0.717) is 6.61 Å². The molecular formula is C18H24N2O. The van der Waals surface area contributed by atoms with Gasteiger partial charge < -0.3 is 15.0 Å². The van der Waals surface area contributed by atoms with E-state index in [0.717, 1.165) is 24.5 Å². The van der Waals surface area contributed by atoms with Crippen molar-refractivity contribution in [2.75, 3.05) is 26.0 Å². The summed E-state index contributed by atoms with van der Waals surface area (Å²) in [6.07, 6.45) is 0. The van der Waals surface area contributed by atoms with Gasteiger partial charge in [0, 0.05) is 24.3 Å². The second-order valence-corrected chi connectivity index (χ2v) is 5.33. The fourth-order valence-electron chi connectivity index (χ4n) is 2.24. The van der Waals surface area contributed by atoms with Crippen LogP contribution >= 0.6 is 0 Å². The Bertz CT molecular complexity index is 549. The molecule has 0 bridgehead atoms. The average Bonchev–Trinajstić information content (AvgIpc) is 2.48. The van der Waals surface area contributed by atoms with Gasteiger partial charge in [0.25, 0.3) is 0 Å². The summed E-state index contributed by atoms with van der Waals surface area (Å²) in [5.74, 6) is 0.955. The molecule has 21 heavy (non-hydrogen) atoms. The van der Waals surface area contributed by atoms with Crippen LogP contribution in [0.5, 0.6) is 5.75 Å². The molecule has 0 spiro atoms. The molecule has 0 aliphatic rings. The molecule has 3 nitrogen and oxygen atoms in total. The van der Waals surface area contributed by atoms with Crippen LogP contribution in [0.3, 0.4) is 0 Å². The van der Waals surface area contributed by atoms with Crippen molar-refractivity contribution in [3.63, 3.8) is 0 Å². The van der Waals surface area contributed by atoms with Gasteiger partial charge in [0.2, 0.25) is 0 Å². The SMILES string of the molecule is CCOc1ccccc1CNc1ccc(CN(C)C)cc1. The Balaban J connectivity index is 1.96. The van der Waals surface area contributed by atoms with Crippen molar-refractivity contribution in [2.45, 2.75) is 20.0 Å². The number of hydrogen-bond donors (Lipinski definition) is 1. The number of ether oxygens (including phenoxy) is 1. The molecule has 0 aromatic heterocycles. The normalized spacial score (nSPS) is 10.7. The van der Waals surface area contributed by atoms with Crippen molar-refractivity contribution in [3.05, 3.63) is 59.7 Å². The van der Waals surface area contributed by atoms with Crippen LogP contribution in [0.1, 0.15) is 18.1 Å². The highest BCUT2D eigenvalue weighted by Crippen LogP contribution is 2.20. The van der Waals surface area contributed by atoms with Crippen LogP contribution in [0, 0.1) is 0 Å². The molecule has 0 radical (unpaired) electrons. The molecule has 0 atom stereocenters. The molecule has 2 aromatic rings. The molecule has 3 heteroatoms. The van der Waals surface area contributed by atoms with E-state index in [4.69, 9.17) is 4.74 Å². The van der Waals surface area contributed by atoms with Gasteiger partial charge in [-0.05, 0) is 44.8 Å². The molecule has 0 aliphatic carbocycles. The number of nitrogens with one attached hydrogen (secondary N) is 1. The maximum absolute atomic E-state index is 5.64. The Morgan fingerprint density at radius 3 is 2.38 bits per heavy atom. The van der Waals surface area contributed by atoms with Crippen LogP contribution in [-0.2, 0) is 13.1 Å². The summed E-state index contributed by atoms with van der Waals surface area (Å²) in [4.78, 5) is 2.17. The van der Waals surface area contributed by atoms with Crippen LogP contribution in [0.2, 0.25) is 0 Å². The monoisotopic (exact) mass is 284 g/mol. The van der Waals surface area contributed by atoms with E-state index >= 15 is 0 Å². The Kier molecular flexibility index (Phi) is 5.64. The quantitative estimate of drug-likeness (QED) is 0.838. The van der Waals surface area contributed by atoms with E-state index in [9.17, 15) is 0 Å². The van der Waals surface area contributed by atoms with E-state index in [1.807, 2.05) is 25.1 Å². The highest BCUT2D eigenvalue weighted by Gasteiger charge is 2.02. The minimum absolute atomic E-state index is 0.691. The first-order chi connectivity index (χ1) is 10.2. The molecule has 0 amide bonds. The number of para-hydroxylation sites is 1. The van der Waals surface area contributed by atoms with Crippen molar-refractivity contribution in [1.29, 1.82) is 0 Å². The van der Waals surface area contributed by atoms with E-state index in [-0.39, 0.29) is 0 Å². The lowest BCUT2D eigenvalue weighted by Crippen LogP contribution is -2.10. The average molecular weight is 284 g/mol. The van der Waals surface area contributed by atoms with Crippen molar-refractivity contribution < 1.29 is 4.74 Å². The third-order valence-corrected chi connectivity index (χ3v) is 3.21. The first kappa shape index (κ1) is 15.4. The largest absolute Gasteiger partial charge is 0.494 e. The maximum Gasteiger partial charge on any atom is 0.124 e. The highest BCUT2D eigenvalue weighted by molar-refractivity contribution is 5.46. The molecular weight excluding hydrogens is 260 g/mol. The van der Waals surface area contributed by atoms with Crippen LogP contribution < -0.4 is 10.1 Å². The second-order valence-electron chi connectivity index (χ2n) is 5.33. The van der Waals surface area contributed by atoms with E-state index in [1.165, 1.54) is 11.1 Å². The summed E-state index contributed by atoms with van der Waals surface area (Å²) < 4.78 is 5.64. The second kappa shape index (κ2) is 7.70. The van der Waals surface area contributed by atoms with Crippen molar-refractivity contribution in [1.82, 2.24) is 4.90 Å². The van der Waals surface area contributed by atoms with Gasteiger partial charge in [-0.25, -0.2) is 0 Å². The summed E-state index contributed by atoms with van der Waals surface area (Å²) in [5.41, 5.74) is 3.63. The molecule has 0 saturated carbocycles. The van der Waals surface area contributed by atoms with Crippen molar-refractivity contribution in [3.8, 4) is 5.75 Å². The summed E-state index contributed by atoms with van der Waals surface area (Å²) in [7, 11) is 4.16. The Labute approximate surface area is 127 Å². The van der Waals surface area contributed by atoms with E-state index < -0.39 is 0 Å². The number of rotatable bonds is 7. The molecule has 0 saturated heterocycles. The maximum atomic E-state index is 5.64. The van der Waals surface area contributed by atoms with Crippen LogP contribution in [-0.4, -0.2) is 25.6 Å². The molecule has 112 valence electrons. The van der Waals surface area contributed by atoms with E-state index in [2.05, 4.69) is 54.6 Å². The van der Waals surface area contributed by atoms with Crippen LogP contribution in [0.4, 0.5) is 5.69 Å². The van der Waals surface area contributed by atoms with Gasteiger partial charge in [-0.3, -0.25) is 0 Å². The van der Waals surface area contributed by atoms with E-state index in [1.54, 1.807) is 0 Å². The predicted molar refractivity (Wildman–Crippen MR) is 88.8 cm³/mol. The number of benzene rings is 2. The van der Waals surface area contributed by atoms with Gasteiger partial charge in [-0.15, -0.1) is 0 Å². The molecule has 0 unspecified atom stereocenters. The van der Waals surface area contributed by atoms with Crippen LogP contribution in [0.25, 0.3) is 0 Å². The first-order valence-electron chi connectivity index (χ1n) is 7.37. The summed E-state index contributed by atoms with van der Waals surface area (Å²) >= 11 is 0. The Hall–Kier alpha value is -2.00. The molecule has 1 N–H and O–H groups in total. The standard InChI is InChI=1S/C18H24N2O/c1-4-21-18-8-6-5-7-16(18)13-19-17-11-9-15(10-12-17)14-20(2)3/h5-12,19H,4,13-14H2,1-3H3.